The number of thioether (sulfide) groups is 2. The van der Waals surface area contributed by atoms with Gasteiger partial charge in [0.05, 0.1) is 21.4 Å². The number of anilines is 2. The minimum absolute atomic E-state index is 1.03. The van der Waals surface area contributed by atoms with Gasteiger partial charge in [-0.05, 0) is 47.5 Å². The molecule has 2 aromatic heterocycles. The minimum Gasteiger partial charge on any atom is -0.338 e. The molecule has 2 aliphatic rings. The van der Waals surface area contributed by atoms with Crippen molar-refractivity contribution in [1.29, 1.82) is 0 Å². The summed E-state index contributed by atoms with van der Waals surface area (Å²) < 4.78 is 4.90. The lowest BCUT2D eigenvalue weighted by molar-refractivity contribution is -0.708. The van der Waals surface area contributed by atoms with Crippen molar-refractivity contribution in [1.82, 2.24) is 5.32 Å². The number of benzene rings is 2. The fourth-order valence-corrected chi connectivity index (χ4v) is 8.64. The minimum atomic E-state index is 1.03. The van der Waals surface area contributed by atoms with Crippen LogP contribution in [0.1, 0.15) is 46.7 Å². The van der Waals surface area contributed by atoms with E-state index in [1.54, 1.807) is 0 Å². The Hall–Kier alpha value is -3.52. The first-order valence-electron chi connectivity index (χ1n) is 16.0. The van der Waals surface area contributed by atoms with Crippen molar-refractivity contribution in [2.45, 2.75) is 63.4 Å². The van der Waals surface area contributed by atoms with Crippen LogP contribution in [0.4, 0.5) is 11.4 Å². The number of fused-ring (bicyclic) bond motifs is 2. The highest BCUT2D eigenvalue weighted by atomic mass is 32.2. The molecule has 0 spiro atoms. The van der Waals surface area contributed by atoms with Gasteiger partial charge >= 0.3 is 0 Å². The molecule has 1 N–H and O–H groups in total. The molecule has 6 rings (SSSR count). The maximum absolute atomic E-state index is 3.69. The topological polar surface area (TPSA) is 26.3 Å². The molecular formula is C38H45N5S2+2. The van der Waals surface area contributed by atoms with Gasteiger partial charge in [0.15, 0.2) is 22.8 Å². The molecule has 4 aromatic rings. The molecule has 45 heavy (non-hydrogen) atoms. The second kappa shape index (κ2) is 13.9. The third kappa shape index (κ3) is 7.01. The maximum atomic E-state index is 3.69. The number of rotatable bonds is 10. The van der Waals surface area contributed by atoms with E-state index in [0.717, 1.165) is 39.0 Å². The lowest BCUT2D eigenvalue weighted by atomic mass is 10.1. The van der Waals surface area contributed by atoms with E-state index in [2.05, 4.69) is 151 Å². The van der Waals surface area contributed by atoms with E-state index in [0.29, 0.717) is 0 Å². The normalized spacial score (nSPS) is 15.8. The number of hydrogen-bond acceptors (Lipinski definition) is 5. The molecule has 232 valence electrons. The number of aromatic nitrogens is 2. The quantitative estimate of drug-likeness (QED) is 0.143. The van der Waals surface area contributed by atoms with Crippen LogP contribution in [0.2, 0.25) is 0 Å². The summed E-state index contributed by atoms with van der Waals surface area (Å²) in [4.78, 5) is 7.23. The van der Waals surface area contributed by atoms with Crippen molar-refractivity contribution in [3.63, 3.8) is 0 Å². The van der Waals surface area contributed by atoms with E-state index in [1.165, 1.54) is 65.1 Å². The number of pyridine rings is 2. The second-order valence-electron chi connectivity index (χ2n) is 12.1. The van der Waals surface area contributed by atoms with E-state index in [1.807, 2.05) is 23.5 Å². The molecule has 0 radical (unpaired) electrons. The molecule has 0 saturated carbocycles. The predicted octanol–water partition coefficient (Wildman–Crippen LogP) is 7.65. The van der Waals surface area contributed by atoms with Crippen molar-refractivity contribution in [3.05, 3.63) is 117 Å². The molecule has 0 bridgehead atoms. The van der Waals surface area contributed by atoms with Crippen molar-refractivity contribution >= 4 is 47.1 Å². The Labute approximate surface area is 277 Å². The van der Waals surface area contributed by atoms with Crippen LogP contribution < -0.4 is 24.3 Å². The lowest BCUT2D eigenvalue weighted by Gasteiger charge is -2.13. The van der Waals surface area contributed by atoms with E-state index in [-0.39, 0.29) is 0 Å². The van der Waals surface area contributed by atoms with Gasteiger partial charge in [0.1, 0.15) is 13.1 Å². The summed E-state index contributed by atoms with van der Waals surface area (Å²) >= 11 is 3.70. The van der Waals surface area contributed by atoms with Crippen LogP contribution in [0, 0.1) is 27.7 Å². The summed E-state index contributed by atoms with van der Waals surface area (Å²) in [6.45, 7) is 13.0. The van der Waals surface area contributed by atoms with E-state index < -0.39 is 0 Å². The SMILES string of the molecule is Cc1cc(/C=C2/Sc3ccccc3N2C)cc(C)[n+]1CCCNCCC[n+]1c(C)cc(/C=C2/Sc3ccccc3N2C)cc1C. The standard InChI is InChI=1S/C38H45N5S2/c1-27-21-31(25-37-40(5)33-13-7-9-15-35(33)44-37)22-28(2)42(27)19-11-17-39-18-12-20-43-29(3)23-32(24-30(43)4)26-38-41(6)34-14-8-10-16-36(34)45-38/h7-10,13-16,21-26,39H,11-12,17-20H2,1-6H3/q+2. The van der Waals surface area contributed by atoms with Crippen LogP contribution in [-0.2, 0) is 13.1 Å². The third-order valence-electron chi connectivity index (χ3n) is 8.80. The molecule has 0 atom stereocenters. The first-order chi connectivity index (χ1) is 21.8. The summed E-state index contributed by atoms with van der Waals surface area (Å²) in [6.07, 6.45) is 6.86. The number of nitrogens with one attached hydrogen (secondary N) is 1. The number of nitrogens with zero attached hydrogens (tertiary/aromatic N) is 4. The van der Waals surface area contributed by atoms with Crippen LogP contribution in [-0.4, -0.2) is 27.2 Å². The van der Waals surface area contributed by atoms with Gasteiger partial charge < -0.3 is 15.1 Å². The van der Waals surface area contributed by atoms with Crippen LogP contribution in [0.5, 0.6) is 0 Å². The van der Waals surface area contributed by atoms with Crippen LogP contribution in [0.15, 0.2) is 92.6 Å². The fraction of sp³-hybridized carbons (Fsp3) is 0.316. The van der Waals surface area contributed by atoms with Gasteiger partial charge in [-0.2, -0.15) is 0 Å². The predicted molar refractivity (Wildman–Crippen MR) is 192 cm³/mol. The first kappa shape index (κ1) is 31.5. The number of para-hydroxylation sites is 2. The van der Waals surface area contributed by atoms with Crippen LogP contribution in [0.25, 0.3) is 12.2 Å². The molecule has 0 unspecified atom stereocenters. The van der Waals surface area contributed by atoms with Gasteiger partial charge in [-0.25, -0.2) is 9.13 Å². The van der Waals surface area contributed by atoms with E-state index >= 15 is 0 Å². The average Bonchev–Trinajstić information content (AvgIpc) is 3.50. The highest BCUT2D eigenvalue weighted by Crippen LogP contribution is 2.46. The molecule has 2 aliphatic heterocycles. The fourth-order valence-electron chi connectivity index (χ4n) is 6.42. The zero-order valence-electron chi connectivity index (χ0n) is 27.4. The van der Waals surface area contributed by atoms with Gasteiger partial charge in [0, 0.05) is 102 Å². The second-order valence-corrected chi connectivity index (χ2v) is 14.3. The molecule has 7 heteroatoms. The zero-order valence-corrected chi connectivity index (χ0v) is 29.1. The molecule has 4 heterocycles. The summed E-state index contributed by atoms with van der Waals surface area (Å²) in [5.74, 6) is 0. The summed E-state index contributed by atoms with van der Waals surface area (Å²) in [5.41, 5.74) is 10.4. The maximum Gasteiger partial charge on any atom is 0.179 e. The van der Waals surface area contributed by atoms with Gasteiger partial charge in [0.2, 0.25) is 0 Å². The van der Waals surface area contributed by atoms with Gasteiger partial charge in [-0.1, -0.05) is 47.8 Å². The van der Waals surface area contributed by atoms with Crippen LogP contribution >= 0.6 is 23.5 Å². The molecule has 0 amide bonds. The largest absolute Gasteiger partial charge is 0.338 e. The van der Waals surface area contributed by atoms with Gasteiger partial charge in [0.25, 0.3) is 0 Å². The molecule has 5 nitrogen and oxygen atoms in total. The number of hydrogen-bond donors (Lipinski definition) is 1. The molecular weight excluding hydrogens is 591 g/mol. The Morgan fingerprint density at radius 1 is 0.600 bits per heavy atom. The van der Waals surface area contributed by atoms with Gasteiger partial charge in [-0.3, -0.25) is 0 Å². The lowest BCUT2D eigenvalue weighted by Crippen LogP contribution is -2.42. The van der Waals surface area contributed by atoms with Crippen molar-refractivity contribution in [3.8, 4) is 0 Å². The van der Waals surface area contributed by atoms with E-state index in [4.69, 9.17) is 0 Å². The monoisotopic (exact) mass is 635 g/mol. The van der Waals surface area contributed by atoms with Gasteiger partial charge in [-0.15, -0.1) is 0 Å². The molecule has 0 fully saturated rings. The molecule has 0 aliphatic carbocycles. The Balaban J connectivity index is 0.962. The Morgan fingerprint density at radius 3 is 1.36 bits per heavy atom. The zero-order chi connectivity index (χ0) is 31.5. The van der Waals surface area contributed by atoms with Crippen molar-refractivity contribution < 1.29 is 9.13 Å². The summed E-state index contributed by atoms with van der Waals surface area (Å²) in [5, 5.41) is 6.24. The van der Waals surface area contributed by atoms with E-state index in [9.17, 15) is 0 Å². The average molecular weight is 636 g/mol. The Morgan fingerprint density at radius 2 is 0.978 bits per heavy atom. The highest BCUT2D eigenvalue weighted by molar-refractivity contribution is 8.04. The van der Waals surface area contributed by atoms with Crippen molar-refractivity contribution in [2.24, 2.45) is 0 Å². The Kier molecular flexibility index (Phi) is 9.69. The Bertz CT molecular complexity index is 1600. The molecule has 2 aromatic carbocycles. The highest BCUT2D eigenvalue weighted by Gasteiger charge is 2.23. The summed E-state index contributed by atoms with van der Waals surface area (Å²) in [7, 11) is 4.31. The smallest absolute Gasteiger partial charge is 0.179 e. The third-order valence-corrected chi connectivity index (χ3v) is 11.1. The van der Waals surface area contributed by atoms with Crippen molar-refractivity contribution in [2.75, 3.05) is 37.0 Å². The molecule has 0 saturated heterocycles. The first-order valence-corrected chi connectivity index (χ1v) is 17.6. The summed E-state index contributed by atoms with van der Waals surface area (Å²) in [6, 6.07) is 26.5. The van der Waals surface area contributed by atoms with Crippen LogP contribution in [0.3, 0.4) is 0 Å². The number of aryl methyl sites for hydroxylation is 4.